The van der Waals surface area contributed by atoms with E-state index in [1.165, 1.54) is 0 Å². The van der Waals surface area contributed by atoms with E-state index in [9.17, 15) is 4.79 Å². The standard InChI is InChI=1S/C16H10ClIN2O/c17-15-9-11(10-5-1-3-7-13(10)19-15)16(21)20-14-8-4-2-6-12(14)18/h1-9H,(H,20,21). The molecule has 3 rings (SSSR count). The number of amides is 1. The lowest BCUT2D eigenvalue weighted by atomic mass is 10.1. The van der Waals surface area contributed by atoms with Gasteiger partial charge in [0, 0.05) is 8.96 Å². The molecule has 0 saturated heterocycles. The highest BCUT2D eigenvalue weighted by Crippen LogP contribution is 2.23. The van der Waals surface area contributed by atoms with Crippen molar-refractivity contribution < 1.29 is 4.79 Å². The smallest absolute Gasteiger partial charge is 0.256 e. The fraction of sp³-hybridized carbons (Fsp3) is 0. The quantitative estimate of drug-likeness (QED) is 0.491. The number of hydrogen-bond donors (Lipinski definition) is 1. The summed E-state index contributed by atoms with van der Waals surface area (Å²) >= 11 is 8.19. The Morgan fingerprint density at radius 2 is 1.81 bits per heavy atom. The molecule has 1 N–H and O–H groups in total. The largest absolute Gasteiger partial charge is 0.321 e. The van der Waals surface area contributed by atoms with E-state index in [0.29, 0.717) is 16.2 Å². The van der Waals surface area contributed by atoms with Crippen molar-refractivity contribution in [2.24, 2.45) is 0 Å². The maximum absolute atomic E-state index is 12.5. The summed E-state index contributed by atoms with van der Waals surface area (Å²) in [5.41, 5.74) is 2.00. The highest BCUT2D eigenvalue weighted by molar-refractivity contribution is 14.1. The first-order valence-electron chi connectivity index (χ1n) is 6.26. The van der Waals surface area contributed by atoms with E-state index in [-0.39, 0.29) is 5.91 Å². The van der Waals surface area contributed by atoms with Gasteiger partial charge in [-0.2, -0.15) is 0 Å². The van der Waals surface area contributed by atoms with Crippen molar-refractivity contribution in [3.8, 4) is 0 Å². The van der Waals surface area contributed by atoms with Crippen LogP contribution in [0.1, 0.15) is 10.4 Å². The molecule has 1 heterocycles. The first-order valence-corrected chi connectivity index (χ1v) is 7.72. The molecule has 3 aromatic rings. The van der Waals surface area contributed by atoms with Gasteiger partial charge in [-0.15, -0.1) is 0 Å². The molecule has 0 aliphatic heterocycles. The molecule has 0 saturated carbocycles. The van der Waals surface area contributed by atoms with Gasteiger partial charge in [0.2, 0.25) is 0 Å². The second kappa shape index (κ2) is 5.99. The third-order valence-electron chi connectivity index (χ3n) is 3.05. The van der Waals surface area contributed by atoms with Gasteiger partial charge in [-0.05, 0) is 46.9 Å². The summed E-state index contributed by atoms with van der Waals surface area (Å²) in [6.45, 7) is 0. The van der Waals surface area contributed by atoms with Crippen LogP contribution in [0.3, 0.4) is 0 Å². The first-order chi connectivity index (χ1) is 10.1. The number of nitrogens with zero attached hydrogens (tertiary/aromatic N) is 1. The van der Waals surface area contributed by atoms with Crippen molar-refractivity contribution in [3.63, 3.8) is 0 Å². The van der Waals surface area contributed by atoms with Crippen LogP contribution in [0.4, 0.5) is 5.69 Å². The maximum Gasteiger partial charge on any atom is 0.256 e. The van der Waals surface area contributed by atoms with Crippen molar-refractivity contribution in [2.75, 3.05) is 5.32 Å². The number of pyridine rings is 1. The van der Waals surface area contributed by atoms with E-state index in [0.717, 1.165) is 14.6 Å². The Hall–Kier alpha value is -1.66. The Morgan fingerprint density at radius 1 is 1.10 bits per heavy atom. The van der Waals surface area contributed by atoms with Crippen LogP contribution < -0.4 is 5.32 Å². The van der Waals surface area contributed by atoms with Crippen molar-refractivity contribution in [3.05, 3.63) is 68.9 Å². The average Bonchev–Trinajstić information content (AvgIpc) is 2.48. The van der Waals surface area contributed by atoms with Crippen LogP contribution in [-0.2, 0) is 0 Å². The van der Waals surface area contributed by atoms with Gasteiger partial charge in [0.1, 0.15) is 5.15 Å². The van der Waals surface area contributed by atoms with E-state index in [1.807, 2.05) is 48.5 Å². The number of nitrogens with one attached hydrogen (secondary N) is 1. The van der Waals surface area contributed by atoms with E-state index in [4.69, 9.17) is 11.6 Å². The summed E-state index contributed by atoms with van der Waals surface area (Å²) < 4.78 is 0.980. The zero-order chi connectivity index (χ0) is 14.8. The number of carbonyl (C=O) groups is 1. The minimum atomic E-state index is -0.195. The molecule has 0 aliphatic rings. The van der Waals surface area contributed by atoms with Gasteiger partial charge < -0.3 is 5.32 Å². The topological polar surface area (TPSA) is 42.0 Å². The number of aromatic nitrogens is 1. The van der Waals surface area contributed by atoms with Crippen LogP contribution in [0, 0.1) is 3.57 Å². The lowest BCUT2D eigenvalue weighted by molar-refractivity contribution is 0.102. The summed E-state index contributed by atoms with van der Waals surface area (Å²) in [6, 6.07) is 16.7. The Labute approximate surface area is 140 Å². The van der Waals surface area contributed by atoms with Crippen LogP contribution >= 0.6 is 34.2 Å². The lowest BCUT2D eigenvalue weighted by Crippen LogP contribution is -2.13. The zero-order valence-electron chi connectivity index (χ0n) is 10.8. The summed E-state index contributed by atoms with van der Waals surface area (Å²) in [7, 11) is 0. The normalized spacial score (nSPS) is 10.6. The number of rotatable bonds is 2. The van der Waals surface area contributed by atoms with Gasteiger partial charge >= 0.3 is 0 Å². The van der Waals surface area contributed by atoms with Gasteiger partial charge in [-0.25, -0.2) is 4.98 Å². The Bertz CT molecular complexity index is 835. The average molecular weight is 409 g/mol. The van der Waals surface area contributed by atoms with Crippen LogP contribution in [0.2, 0.25) is 5.15 Å². The first kappa shape index (κ1) is 14.3. The van der Waals surface area contributed by atoms with Crippen LogP contribution in [0.25, 0.3) is 10.9 Å². The van der Waals surface area contributed by atoms with E-state index >= 15 is 0 Å². The van der Waals surface area contributed by atoms with Crippen molar-refractivity contribution in [1.82, 2.24) is 4.98 Å². The molecule has 2 aromatic carbocycles. The molecule has 0 bridgehead atoms. The third-order valence-corrected chi connectivity index (χ3v) is 4.19. The van der Waals surface area contributed by atoms with Crippen molar-refractivity contribution in [2.45, 2.75) is 0 Å². The predicted molar refractivity (Wildman–Crippen MR) is 93.9 cm³/mol. The number of fused-ring (bicyclic) bond motifs is 1. The predicted octanol–water partition coefficient (Wildman–Crippen LogP) is 4.75. The van der Waals surface area contributed by atoms with Gasteiger partial charge in [0.05, 0.1) is 16.8 Å². The Balaban J connectivity index is 2.04. The Kier molecular flexibility index (Phi) is 4.07. The molecule has 0 fully saturated rings. The number of para-hydroxylation sites is 2. The molecule has 0 unspecified atom stereocenters. The van der Waals surface area contributed by atoms with E-state index < -0.39 is 0 Å². The van der Waals surface area contributed by atoms with Crippen molar-refractivity contribution >= 4 is 56.7 Å². The summed E-state index contributed by atoms with van der Waals surface area (Å²) in [6.07, 6.45) is 0. The fourth-order valence-corrected chi connectivity index (χ4v) is 2.81. The second-order valence-corrected chi connectivity index (χ2v) is 5.99. The van der Waals surface area contributed by atoms with Crippen molar-refractivity contribution in [1.29, 1.82) is 0 Å². The van der Waals surface area contributed by atoms with E-state index in [2.05, 4.69) is 32.9 Å². The van der Waals surface area contributed by atoms with Gasteiger partial charge in [-0.1, -0.05) is 41.9 Å². The maximum atomic E-state index is 12.5. The molecule has 21 heavy (non-hydrogen) atoms. The highest BCUT2D eigenvalue weighted by atomic mass is 127. The number of hydrogen-bond acceptors (Lipinski definition) is 2. The van der Waals surface area contributed by atoms with Crippen LogP contribution in [0.15, 0.2) is 54.6 Å². The number of carbonyl (C=O) groups excluding carboxylic acids is 1. The molecular weight excluding hydrogens is 399 g/mol. The summed E-state index contributed by atoms with van der Waals surface area (Å²) in [4.78, 5) is 16.8. The molecule has 1 amide bonds. The molecule has 0 aliphatic carbocycles. The molecule has 1 aromatic heterocycles. The zero-order valence-corrected chi connectivity index (χ0v) is 13.7. The molecule has 104 valence electrons. The SMILES string of the molecule is O=C(Nc1ccccc1I)c1cc(Cl)nc2ccccc12. The Morgan fingerprint density at radius 3 is 2.62 bits per heavy atom. The summed E-state index contributed by atoms with van der Waals surface area (Å²) in [5.74, 6) is -0.195. The molecular formula is C16H10ClIN2O. The molecule has 0 radical (unpaired) electrons. The van der Waals surface area contributed by atoms with Gasteiger partial charge in [-0.3, -0.25) is 4.79 Å². The molecule has 3 nitrogen and oxygen atoms in total. The third kappa shape index (κ3) is 3.01. The summed E-state index contributed by atoms with van der Waals surface area (Å²) in [5, 5.41) is 4.00. The minimum absolute atomic E-state index is 0.195. The number of halogens is 2. The van der Waals surface area contributed by atoms with Gasteiger partial charge in [0.15, 0.2) is 0 Å². The van der Waals surface area contributed by atoms with Crippen LogP contribution in [0.5, 0.6) is 0 Å². The lowest BCUT2D eigenvalue weighted by Gasteiger charge is -2.09. The van der Waals surface area contributed by atoms with Gasteiger partial charge in [0.25, 0.3) is 5.91 Å². The monoisotopic (exact) mass is 408 g/mol. The molecule has 0 atom stereocenters. The van der Waals surface area contributed by atoms with Crippen LogP contribution in [-0.4, -0.2) is 10.9 Å². The molecule has 5 heteroatoms. The number of benzene rings is 2. The fourth-order valence-electron chi connectivity index (χ4n) is 2.08. The second-order valence-electron chi connectivity index (χ2n) is 4.44. The molecule has 0 spiro atoms. The highest BCUT2D eigenvalue weighted by Gasteiger charge is 2.13. The minimum Gasteiger partial charge on any atom is -0.321 e. The number of anilines is 1. The van der Waals surface area contributed by atoms with E-state index in [1.54, 1.807) is 6.07 Å².